The molecule has 4 heteroatoms. The first-order valence-electron chi connectivity index (χ1n) is 6.74. The highest BCUT2D eigenvalue weighted by Gasteiger charge is 2.09. The number of carbonyl (C=O) groups is 1. The smallest absolute Gasteiger partial charge is 0.238 e. The molecule has 0 radical (unpaired) electrons. The van der Waals surface area contributed by atoms with E-state index in [4.69, 9.17) is 4.74 Å². The molecule has 1 aromatic carbocycles. The minimum absolute atomic E-state index is 0.0268. The fourth-order valence-corrected chi connectivity index (χ4v) is 1.87. The van der Waals surface area contributed by atoms with E-state index >= 15 is 0 Å². The fraction of sp³-hybridized carbons (Fsp3) is 0.533. The number of methoxy groups -OCH3 is 1. The molecule has 1 atom stereocenters. The lowest BCUT2D eigenvalue weighted by molar-refractivity contribution is -0.115. The third-order valence-electron chi connectivity index (χ3n) is 2.89. The molecule has 0 fully saturated rings. The van der Waals surface area contributed by atoms with Crippen molar-refractivity contribution < 1.29 is 9.53 Å². The third-order valence-corrected chi connectivity index (χ3v) is 2.89. The van der Waals surface area contributed by atoms with Crippen molar-refractivity contribution in [1.29, 1.82) is 0 Å². The maximum Gasteiger partial charge on any atom is 0.238 e. The second-order valence-electron chi connectivity index (χ2n) is 4.74. The largest absolute Gasteiger partial charge is 0.383 e. The Morgan fingerprint density at radius 2 is 2.00 bits per heavy atom. The standard InChI is InChI=1S/C15H24N2O2/c1-4-5-14(11-19-3)16-10-15(18)17-13-8-6-12(2)7-9-13/h6-9,14,16H,4-5,10-11H2,1-3H3,(H,17,18). The second-order valence-corrected chi connectivity index (χ2v) is 4.74. The van der Waals surface area contributed by atoms with Gasteiger partial charge >= 0.3 is 0 Å². The number of hydrogen-bond donors (Lipinski definition) is 2. The van der Waals surface area contributed by atoms with Gasteiger partial charge in [0.2, 0.25) is 5.91 Å². The van der Waals surface area contributed by atoms with Crippen molar-refractivity contribution >= 4 is 11.6 Å². The van der Waals surface area contributed by atoms with Gasteiger partial charge in [-0.15, -0.1) is 0 Å². The molecule has 0 saturated heterocycles. The van der Waals surface area contributed by atoms with Gasteiger partial charge in [-0.2, -0.15) is 0 Å². The summed E-state index contributed by atoms with van der Waals surface area (Å²) in [6.07, 6.45) is 2.08. The van der Waals surface area contributed by atoms with Crippen molar-refractivity contribution in [2.45, 2.75) is 32.7 Å². The SMILES string of the molecule is CCCC(COC)NCC(=O)Nc1ccc(C)cc1. The molecule has 4 nitrogen and oxygen atoms in total. The van der Waals surface area contributed by atoms with E-state index in [-0.39, 0.29) is 11.9 Å². The first-order valence-corrected chi connectivity index (χ1v) is 6.74. The number of anilines is 1. The van der Waals surface area contributed by atoms with Crippen molar-refractivity contribution in [2.75, 3.05) is 25.6 Å². The Hall–Kier alpha value is -1.39. The van der Waals surface area contributed by atoms with Crippen LogP contribution >= 0.6 is 0 Å². The molecule has 0 aliphatic carbocycles. The number of ether oxygens (including phenoxy) is 1. The van der Waals surface area contributed by atoms with Crippen molar-refractivity contribution in [1.82, 2.24) is 5.32 Å². The molecule has 0 aliphatic heterocycles. The Kier molecular flexibility index (Phi) is 7.15. The summed E-state index contributed by atoms with van der Waals surface area (Å²) < 4.78 is 5.13. The maximum absolute atomic E-state index is 11.8. The molecule has 0 bridgehead atoms. The molecule has 1 amide bonds. The Morgan fingerprint density at radius 1 is 1.32 bits per heavy atom. The molecule has 1 aromatic rings. The minimum atomic E-state index is -0.0268. The average Bonchev–Trinajstić information content (AvgIpc) is 2.39. The van der Waals surface area contributed by atoms with Gasteiger partial charge in [0.1, 0.15) is 0 Å². The quantitative estimate of drug-likeness (QED) is 0.757. The van der Waals surface area contributed by atoms with Crippen LogP contribution in [0.25, 0.3) is 0 Å². The van der Waals surface area contributed by atoms with Crippen LogP contribution in [0.3, 0.4) is 0 Å². The Morgan fingerprint density at radius 3 is 2.58 bits per heavy atom. The van der Waals surface area contributed by atoms with Crippen LogP contribution in [0.15, 0.2) is 24.3 Å². The topological polar surface area (TPSA) is 50.4 Å². The monoisotopic (exact) mass is 264 g/mol. The summed E-state index contributed by atoms with van der Waals surface area (Å²) in [6, 6.07) is 8.01. The van der Waals surface area contributed by atoms with Gasteiger partial charge in [-0.05, 0) is 25.5 Å². The molecule has 0 saturated carbocycles. The molecular weight excluding hydrogens is 240 g/mol. The van der Waals surface area contributed by atoms with E-state index in [0.29, 0.717) is 13.2 Å². The van der Waals surface area contributed by atoms with Crippen LogP contribution in [-0.4, -0.2) is 32.2 Å². The lowest BCUT2D eigenvalue weighted by atomic mass is 10.2. The Bertz CT molecular complexity index is 370. The van der Waals surface area contributed by atoms with Gasteiger partial charge in [0.15, 0.2) is 0 Å². The lowest BCUT2D eigenvalue weighted by Gasteiger charge is -2.16. The summed E-state index contributed by atoms with van der Waals surface area (Å²) in [4.78, 5) is 11.8. The number of nitrogens with one attached hydrogen (secondary N) is 2. The maximum atomic E-state index is 11.8. The summed E-state index contributed by atoms with van der Waals surface area (Å²) in [5.74, 6) is -0.0268. The van der Waals surface area contributed by atoms with Gasteiger partial charge in [0.05, 0.1) is 13.2 Å². The molecule has 0 spiro atoms. The normalized spacial score (nSPS) is 12.2. The Labute approximate surface area is 115 Å². The highest BCUT2D eigenvalue weighted by Crippen LogP contribution is 2.08. The predicted octanol–water partition coefficient (Wildman–Crippen LogP) is 2.34. The molecule has 0 aliphatic rings. The van der Waals surface area contributed by atoms with Crippen LogP contribution in [0.5, 0.6) is 0 Å². The van der Waals surface area contributed by atoms with Crippen LogP contribution in [0.2, 0.25) is 0 Å². The predicted molar refractivity (Wildman–Crippen MR) is 78.4 cm³/mol. The molecule has 1 rings (SSSR count). The highest BCUT2D eigenvalue weighted by molar-refractivity contribution is 5.92. The first-order chi connectivity index (χ1) is 9.15. The molecule has 2 N–H and O–H groups in total. The van der Waals surface area contributed by atoms with Crippen LogP contribution in [0.1, 0.15) is 25.3 Å². The zero-order valence-electron chi connectivity index (χ0n) is 12.0. The molecule has 0 aromatic heterocycles. The second kappa shape index (κ2) is 8.67. The third kappa shape index (κ3) is 6.36. The van der Waals surface area contributed by atoms with Crippen LogP contribution < -0.4 is 10.6 Å². The summed E-state index contributed by atoms with van der Waals surface area (Å²) in [7, 11) is 1.68. The van der Waals surface area contributed by atoms with Crippen LogP contribution in [0, 0.1) is 6.92 Å². The number of carbonyl (C=O) groups excluding carboxylic acids is 1. The van der Waals surface area contributed by atoms with E-state index in [0.717, 1.165) is 18.5 Å². The number of rotatable bonds is 8. The van der Waals surface area contributed by atoms with Crippen molar-refractivity contribution in [3.8, 4) is 0 Å². The van der Waals surface area contributed by atoms with Crippen molar-refractivity contribution in [3.63, 3.8) is 0 Å². The van der Waals surface area contributed by atoms with Crippen molar-refractivity contribution in [2.24, 2.45) is 0 Å². The zero-order valence-corrected chi connectivity index (χ0v) is 12.0. The fourth-order valence-electron chi connectivity index (χ4n) is 1.87. The van der Waals surface area contributed by atoms with Gasteiger partial charge < -0.3 is 15.4 Å². The van der Waals surface area contributed by atoms with E-state index in [2.05, 4.69) is 17.6 Å². The number of aryl methyl sites for hydroxylation is 1. The van der Waals surface area contributed by atoms with Crippen molar-refractivity contribution in [3.05, 3.63) is 29.8 Å². The lowest BCUT2D eigenvalue weighted by Crippen LogP contribution is -2.38. The Balaban J connectivity index is 2.35. The molecule has 106 valence electrons. The summed E-state index contributed by atoms with van der Waals surface area (Å²) in [6.45, 7) is 5.08. The van der Waals surface area contributed by atoms with E-state index in [1.54, 1.807) is 7.11 Å². The van der Waals surface area contributed by atoms with E-state index in [9.17, 15) is 4.79 Å². The van der Waals surface area contributed by atoms with Crippen LogP contribution in [-0.2, 0) is 9.53 Å². The summed E-state index contributed by atoms with van der Waals surface area (Å²) in [5.41, 5.74) is 2.01. The zero-order chi connectivity index (χ0) is 14.1. The molecule has 1 unspecified atom stereocenters. The molecular formula is C15H24N2O2. The van der Waals surface area contributed by atoms with E-state index in [1.165, 1.54) is 5.56 Å². The van der Waals surface area contributed by atoms with Gasteiger partial charge in [-0.1, -0.05) is 31.0 Å². The van der Waals surface area contributed by atoms with E-state index < -0.39 is 0 Å². The van der Waals surface area contributed by atoms with Crippen LogP contribution in [0.4, 0.5) is 5.69 Å². The number of hydrogen-bond acceptors (Lipinski definition) is 3. The minimum Gasteiger partial charge on any atom is -0.383 e. The summed E-state index contributed by atoms with van der Waals surface area (Å²) >= 11 is 0. The van der Waals surface area contributed by atoms with Gasteiger partial charge in [-0.3, -0.25) is 4.79 Å². The first kappa shape index (κ1) is 15.7. The molecule has 19 heavy (non-hydrogen) atoms. The van der Waals surface area contributed by atoms with E-state index in [1.807, 2.05) is 31.2 Å². The number of amides is 1. The molecule has 0 heterocycles. The summed E-state index contributed by atoms with van der Waals surface area (Å²) in [5, 5.41) is 6.08. The van der Waals surface area contributed by atoms with Gasteiger partial charge in [0, 0.05) is 18.8 Å². The number of benzene rings is 1. The highest BCUT2D eigenvalue weighted by atomic mass is 16.5. The van der Waals surface area contributed by atoms with Gasteiger partial charge in [-0.25, -0.2) is 0 Å². The average molecular weight is 264 g/mol. The van der Waals surface area contributed by atoms with Gasteiger partial charge in [0.25, 0.3) is 0 Å².